The highest BCUT2D eigenvalue weighted by atomic mass is 79.9. The highest BCUT2D eigenvalue weighted by Crippen LogP contribution is 2.46. The van der Waals surface area contributed by atoms with Gasteiger partial charge in [0, 0.05) is 31.0 Å². The van der Waals surface area contributed by atoms with Gasteiger partial charge in [0.25, 0.3) is 0 Å². The SMILES string of the molecule is CC(=O)OC1c2c(ccc3ncccc23)C(O)C(Br)C1OC(C)=O. The van der Waals surface area contributed by atoms with E-state index in [0.29, 0.717) is 16.6 Å². The number of alkyl halides is 1. The molecule has 4 atom stereocenters. The standard InChI is InChI=1S/C17H16BrNO5/c1-8(20)23-16-13-10-4-3-7-19-12(10)6-5-11(13)15(22)14(18)17(16)24-9(2)21/h3-7,14-17,22H,1-2H3. The molecule has 24 heavy (non-hydrogen) atoms. The zero-order valence-electron chi connectivity index (χ0n) is 13.1. The highest BCUT2D eigenvalue weighted by molar-refractivity contribution is 9.09. The van der Waals surface area contributed by atoms with Crippen molar-refractivity contribution in [3.63, 3.8) is 0 Å². The predicted octanol–water partition coefficient (Wildman–Crippen LogP) is 2.58. The van der Waals surface area contributed by atoms with Crippen LogP contribution in [0.4, 0.5) is 0 Å². The maximum Gasteiger partial charge on any atom is 0.303 e. The minimum atomic E-state index is -0.916. The first-order chi connectivity index (χ1) is 11.4. The molecular formula is C17H16BrNO5. The first-order valence-corrected chi connectivity index (χ1v) is 8.36. The number of hydrogen-bond donors (Lipinski definition) is 1. The summed E-state index contributed by atoms with van der Waals surface area (Å²) >= 11 is 3.38. The number of benzene rings is 1. The van der Waals surface area contributed by atoms with Crippen molar-refractivity contribution in [2.45, 2.75) is 37.0 Å². The lowest BCUT2D eigenvalue weighted by molar-refractivity contribution is -0.169. The van der Waals surface area contributed by atoms with E-state index in [9.17, 15) is 14.7 Å². The second-order valence-corrected chi connectivity index (χ2v) is 6.69. The summed E-state index contributed by atoms with van der Waals surface area (Å²) in [4.78, 5) is 26.8. The monoisotopic (exact) mass is 393 g/mol. The van der Waals surface area contributed by atoms with Crippen LogP contribution in [0.25, 0.3) is 10.9 Å². The largest absolute Gasteiger partial charge is 0.457 e. The minimum absolute atomic E-state index is 0.500. The van der Waals surface area contributed by atoms with Crippen LogP contribution >= 0.6 is 15.9 Å². The molecule has 0 aliphatic heterocycles. The second kappa shape index (κ2) is 6.49. The molecule has 1 aliphatic rings. The van der Waals surface area contributed by atoms with Crippen LogP contribution < -0.4 is 0 Å². The number of aromatic nitrogens is 1. The van der Waals surface area contributed by atoms with E-state index in [1.54, 1.807) is 24.4 Å². The number of hydrogen-bond acceptors (Lipinski definition) is 6. The normalized spacial score (nSPS) is 25.8. The number of ether oxygens (including phenoxy) is 2. The lowest BCUT2D eigenvalue weighted by atomic mass is 9.82. The molecule has 0 fully saturated rings. The average Bonchev–Trinajstić information content (AvgIpc) is 2.54. The molecule has 0 saturated carbocycles. The molecule has 0 radical (unpaired) electrons. The summed E-state index contributed by atoms with van der Waals surface area (Å²) in [5, 5.41) is 11.4. The van der Waals surface area contributed by atoms with Crippen molar-refractivity contribution >= 4 is 38.8 Å². The first kappa shape index (κ1) is 16.9. The molecule has 126 valence electrons. The first-order valence-electron chi connectivity index (χ1n) is 7.44. The van der Waals surface area contributed by atoms with E-state index in [1.807, 2.05) is 6.07 Å². The van der Waals surface area contributed by atoms with Crippen molar-refractivity contribution in [3.8, 4) is 0 Å². The van der Waals surface area contributed by atoms with Gasteiger partial charge in [-0.1, -0.05) is 28.1 Å². The third kappa shape index (κ3) is 2.89. The number of pyridine rings is 1. The van der Waals surface area contributed by atoms with Crippen LogP contribution in [0, 0.1) is 0 Å². The predicted molar refractivity (Wildman–Crippen MR) is 89.5 cm³/mol. The zero-order chi connectivity index (χ0) is 17.4. The van der Waals surface area contributed by atoms with Gasteiger partial charge in [-0.3, -0.25) is 14.6 Å². The Kier molecular flexibility index (Phi) is 4.56. The van der Waals surface area contributed by atoms with Crippen molar-refractivity contribution in [1.29, 1.82) is 0 Å². The Morgan fingerprint density at radius 1 is 1.17 bits per heavy atom. The summed E-state index contributed by atoms with van der Waals surface area (Å²) in [6.45, 7) is 2.57. The molecule has 1 N–H and O–H groups in total. The Hall–Kier alpha value is -1.99. The van der Waals surface area contributed by atoms with E-state index in [4.69, 9.17) is 9.47 Å². The molecule has 2 aromatic rings. The van der Waals surface area contributed by atoms with Gasteiger partial charge >= 0.3 is 11.9 Å². The summed E-state index contributed by atoms with van der Waals surface area (Å²) in [5.74, 6) is -1.02. The molecule has 4 unspecified atom stereocenters. The van der Waals surface area contributed by atoms with Crippen molar-refractivity contribution in [3.05, 3.63) is 41.6 Å². The summed E-state index contributed by atoms with van der Waals surface area (Å²) in [6, 6.07) is 7.16. The second-order valence-electron chi connectivity index (χ2n) is 5.63. The number of rotatable bonds is 2. The molecule has 0 spiro atoms. The summed E-state index contributed by atoms with van der Waals surface area (Å²) in [5.41, 5.74) is 1.94. The minimum Gasteiger partial charge on any atom is -0.457 e. The van der Waals surface area contributed by atoms with Crippen molar-refractivity contribution in [2.75, 3.05) is 0 Å². The molecule has 0 bridgehead atoms. The molecule has 6 nitrogen and oxygen atoms in total. The van der Waals surface area contributed by atoms with Crippen LogP contribution in [0.1, 0.15) is 37.2 Å². The van der Waals surface area contributed by atoms with Gasteiger partial charge in [-0.05, 0) is 17.7 Å². The smallest absolute Gasteiger partial charge is 0.303 e. The Morgan fingerprint density at radius 2 is 1.88 bits per heavy atom. The van der Waals surface area contributed by atoms with E-state index in [1.165, 1.54) is 13.8 Å². The van der Waals surface area contributed by atoms with Gasteiger partial charge in [0.1, 0.15) is 0 Å². The lowest BCUT2D eigenvalue weighted by Crippen LogP contribution is -2.42. The van der Waals surface area contributed by atoms with Gasteiger partial charge in [0.05, 0.1) is 16.4 Å². The van der Waals surface area contributed by atoms with Gasteiger partial charge in [-0.25, -0.2) is 0 Å². The Morgan fingerprint density at radius 3 is 2.54 bits per heavy atom. The fourth-order valence-electron chi connectivity index (χ4n) is 3.07. The van der Waals surface area contributed by atoms with E-state index < -0.39 is 35.1 Å². The van der Waals surface area contributed by atoms with Crippen molar-refractivity contribution in [1.82, 2.24) is 4.98 Å². The van der Waals surface area contributed by atoms with Gasteiger partial charge in [-0.2, -0.15) is 0 Å². The van der Waals surface area contributed by atoms with Crippen LogP contribution in [0.15, 0.2) is 30.5 Å². The lowest BCUT2D eigenvalue weighted by Gasteiger charge is -2.38. The van der Waals surface area contributed by atoms with Crippen molar-refractivity contribution in [2.24, 2.45) is 0 Å². The molecule has 1 heterocycles. The van der Waals surface area contributed by atoms with Crippen LogP contribution in [-0.4, -0.2) is 33.0 Å². The fourth-order valence-corrected chi connectivity index (χ4v) is 3.74. The van der Waals surface area contributed by atoms with Gasteiger partial charge < -0.3 is 14.6 Å². The molecule has 1 aromatic heterocycles. The third-order valence-electron chi connectivity index (χ3n) is 3.97. The molecule has 1 aromatic carbocycles. The summed E-state index contributed by atoms with van der Waals surface area (Å²) in [7, 11) is 0. The molecule has 3 rings (SSSR count). The number of carbonyl (C=O) groups excluding carboxylic acids is 2. The Bertz CT molecular complexity index is 809. The topological polar surface area (TPSA) is 85.7 Å². The quantitative estimate of drug-likeness (QED) is 0.623. The summed E-state index contributed by atoms with van der Waals surface area (Å²) < 4.78 is 10.8. The number of esters is 2. The Balaban J connectivity index is 2.24. The number of aliphatic hydroxyl groups excluding tert-OH is 1. The number of carbonyl (C=O) groups is 2. The summed E-state index contributed by atoms with van der Waals surface area (Å²) in [6.07, 6.45) is -0.936. The van der Waals surface area contributed by atoms with E-state index in [2.05, 4.69) is 20.9 Å². The fraction of sp³-hybridized carbons (Fsp3) is 0.353. The van der Waals surface area contributed by atoms with Crippen LogP contribution in [0.2, 0.25) is 0 Å². The molecule has 0 amide bonds. The highest BCUT2D eigenvalue weighted by Gasteiger charge is 2.45. The molecule has 1 aliphatic carbocycles. The average molecular weight is 394 g/mol. The Labute approximate surface area is 146 Å². The van der Waals surface area contributed by atoms with Gasteiger partial charge in [0.2, 0.25) is 0 Å². The van der Waals surface area contributed by atoms with Crippen LogP contribution in [0.5, 0.6) is 0 Å². The van der Waals surface area contributed by atoms with Gasteiger partial charge in [-0.15, -0.1) is 0 Å². The zero-order valence-corrected chi connectivity index (χ0v) is 14.7. The number of halogens is 1. The van der Waals surface area contributed by atoms with Crippen LogP contribution in [0.3, 0.4) is 0 Å². The maximum atomic E-state index is 11.6. The number of fused-ring (bicyclic) bond motifs is 3. The third-order valence-corrected chi connectivity index (χ3v) is 4.99. The molecule has 0 saturated heterocycles. The van der Waals surface area contributed by atoms with E-state index in [-0.39, 0.29) is 0 Å². The molecular weight excluding hydrogens is 378 g/mol. The number of aliphatic hydroxyl groups is 1. The number of nitrogens with zero attached hydrogens (tertiary/aromatic N) is 1. The maximum absolute atomic E-state index is 11.6. The van der Waals surface area contributed by atoms with E-state index in [0.717, 1.165) is 5.39 Å². The van der Waals surface area contributed by atoms with Crippen molar-refractivity contribution < 1.29 is 24.2 Å². The van der Waals surface area contributed by atoms with Gasteiger partial charge in [0.15, 0.2) is 12.2 Å². The molecule has 7 heteroatoms. The van der Waals surface area contributed by atoms with E-state index >= 15 is 0 Å². The van der Waals surface area contributed by atoms with Crippen LogP contribution in [-0.2, 0) is 19.1 Å².